The third kappa shape index (κ3) is 4.50. The van der Waals surface area contributed by atoms with E-state index in [2.05, 4.69) is 20.5 Å². The first-order valence-corrected chi connectivity index (χ1v) is 8.63. The lowest BCUT2D eigenvalue weighted by Gasteiger charge is -2.31. The number of carbonyl (C=O) groups is 1. The Morgan fingerprint density at radius 2 is 2.26 bits per heavy atom. The number of benzene rings is 1. The van der Waals surface area contributed by atoms with Crippen molar-refractivity contribution >= 4 is 11.7 Å². The predicted octanol–water partition coefficient (Wildman–Crippen LogP) is 3.63. The van der Waals surface area contributed by atoms with E-state index in [1.807, 2.05) is 0 Å². The molecule has 1 fully saturated rings. The average molecular weight is 383 g/mol. The zero-order valence-corrected chi connectivity index (χ0v) is 14.7. The molecule has 2 amide bonds. The van der Waals surface area contributed by atoms with Gasteiger partial charge in [0, 0.05) is 24.7 Å². The molecule has 0 spiro atoms. The van der Waals surface area contributed by atoms with Gasteiger partial charge >= 0.3 is 12.2 Å². The third-order valence-corrected chi connectivity index (χ3v) is 4.37. The molecule has 1 saturated heterocycles. The number of piperidine rings is 1. The Hall–Kier alpha value is -2.78. The van der Waals surface area contributed by atoms with Crippen LogP contribution in [-0.4, -0.2) is 45.8 Å². The summed E-state index contributed by atoms with van der Waals surface area (Å²) in [6.07, 6.45) is -1.53. The van der Waals surface area contributed by atoms with Crippen LogP contribution in [0.3, 0.4) is 0 Å². The van der Waals surface area contributed by atoms with Gasteiger partial charge in [-0.3, -0.25) is 5.10 Å². The highest BCUT2D eigenvalue weighted by molar-refractivity contribution is 5.89. The second-order valence-electron chi connectivity index (χ2n) is 6.23. The quantitative estimate of drug-likeness (QED) is 0.845. The number of hydrogen-bond acceptors (Lipinski definition) is 4. The maximum absolute atomic E-state index is 13.2. The van der Waals surface area contributed by atoms with Gasteiger partial charge in [-0.15, -0.1) is 0 Å². The maximum atomic E-state index is 13.2. The van der Waals surface area contributed by atoms with Gasteiger partial charge in [0.15, 0.2) is 0 Å². The predicted molar refractivity (Wildman–Crippen MR) is 91.6 cm³/mol. The molecule has 10 heteroatoms. The van der Waals surface area contributed by atoms with Crippen molar-refractivity contribution in [2.45, 2.75) is 31.9 Å². The number of amides is 2. The molecule has 27 heavy (non-hydrogen) atoms. The number of nitrogens with one attached hydrogen (secondary N) is 2. The van der Waals surface area contributed by atoms with E-state index < -0.39 is 17.8 Å². The van der Waals surface area contributed by atoms with Crippen molar-refractivity contribution in [3.8, 4) is 5.75 Å². The first-order chi connectivity index (χ1) is 12.9. The molecule has 3 rings (SSSR count). The molecule has 7 nitrogen and oxygen atoms in total. The van der Waals surface area contributed by atoms with Crippen molar-refractivity contribution in [1.29, 1.82) is 0 Å². The summed E-state index contributed by atoms with van der Waals surface area (Å²) in [6.45, 7) is 2.67. The topological polar surface area (TPSA) is 83.1 Å². The van der Waals surface area contributed by atoms with E-state index in [0.717, 1.165) is 18.9 Å². The van der Waals surface area contributed by atoms with Crippen LogP contribution in [0.2, 0.25) is 0 Å². The molecule has 0 unspecified atom stereocenters. The summed E-state index contributed by atoms with van der Waals surface area (Å²) in [6, 6.07) is 3.06. The van der Waals surface area contributed by atoms with E-state index in [1.54, 1.807) is 11.8 Å². The normalized spacial score (nSPS) is 17.6. The monoisotopic (exact) mass is 383 g/mol. The number of aromatic nitrogens is 3. The highest BCUT2D eigenvalue weighted by Crippen LogP contribution is 2.38. The van der Waals surface area contributed by atoms with Crippen LogP contribution in [0.5, 0.6) is 5.75 Å². The van der Waals surface area contributed by atoms with E-state index in [0.29, 0.717) is 18.9 Å². The number of anilines is 1. The number of aromatic amines is 1. The van der Waals surface area contributed by atoms with Gasteiger partial charge in [-0.2, -0.15) is 18.3 Å². The molecule has 1 aromatic carbocycles. The minimum absolute atomic E-state index is 0.0260. The molecule has 0 radical (unpaired) electrons. The molecular weight excluding hydrogens is 363 g/mol. The molecular formula is C17H20F3N5O2. The molecule has 1 atom stereocenters. The molecule has 0 saturated carbocycles. The average Bonchev–Trinajstić information content (AvgIpc) is 3.17. The third-order valence-electron chi connectivity index (χ3n) is 4.37. The molecule has 1 aromatic heterocycles. The fourth-order valence-corrected chi connectivity index (χ4v) is 3.11. The number of ether oxygens (including phenoxy) is 1. The van der Waals surface area contributed by atoms with Gasteiger partial charge in [0.1, 0.15) is 17.9 Å². The summed E-state index contributed by atoms with van der Waals surface area (Å²) in [5.41, 5.74) is -0.849. The summed E-state index contributed by atoms with van der Waals surface area (Å²) in [5.74, 6) is 0.470. The Bertz CT molecular complexity index is 779. The van der Waals surface area contributed by atoms with E-state index in [4.69, 9.17) is 4.74 Å². The minimum Gasteiger partial charge on any atom is -0.493 e. The van der Waals surface area contributed by atoms with E-state index in [1.165, 1.54) is 18.5 Å². The van der Waals surface area contributed by atoms with Gasteiger partial charge in [-0.05, 0) is 38.0 Å². The number of hydrogen-bond donors (Lipinski definition) is 2. The smallest absolute Gasteiger partial charge is 0.420 e. The number of halogens is 3. The number of rotatable bonds is 4. The standard InChI is InChI=1S/C17H20F3N5O2/c1-2-27-14-6-5-12(8-13(14)17(18,19)20)23-16(26)25-7-3-4-11(9-25)15-21-10-22-24-15/h5-6,8,10-11H,2-4,7,9H2,1H3,(H,23,26)(H,21,22,24)/t11-/m0/s1. The largest absolute Gasteiger partial charge is 0.493 e. The van der Waals surface area contributed by atoms with Crippen LogP contribution in [0.15, 0.2) is 24.5 Å². The number of H-pyrrole nitrogens is 1. The lowest BCUT2D eigenvalue weighted by Crippen LogP contribution is -2.41. The van der Waals surface area contributed by atoms with Gasteiger partial charge in [0.05, 0.1) is 12.2 Å². The fraction of sp³-hybridized carbons (Fsp3) is 0.471. The molecule has 2 aromatic rings. The van der Waals surface area contributed by atoms with Crippen LogP contribution in [0, 0.1) is 0 Å². The van der Waals surface area contributed by atoms with Gasteiger partial charge in [-0.25, -0.2) is 9.78 Å². The lowest BCUT2D eigenvalue weighted by molar-refractivity contribution is -0.138. The van der Waals surface area contributed by atoms with E-state index in [-0.39, 0.29) is 24.0 Å². The molecule has 1 aliphatic heterocycles. The number of carbonyl (C=O) groups excluding carboxylic acids is 1. The molecule has 2 N–H and O–H groups in total. The number of urea groups is 1. The Morgan fingerprint density at radius 3 is 2.93 bits per heavy atom. The molecule has 0 aliphatic carbocycles. The summed E-state index contributed by atoms with van der Waals surface area (Å²) < 4.78 is 44.7. The van der Waals surface area contributed by atoms with Crippen LogP contribution < -0.4 is 10.1 Å². The van der Waals surface area contributed by atoms with Crippen molar-refractivity contribution < 1.29 is 22.7 Å². The number of alkyl halides is 3. The highest BCUT2D eigenvalue weighted by Gasteiger charge is 2.35. The van der Waals surface area contributed by atoms with Crippen molar-refractivity contribution in [2.75, 3.05) is 25.0 Å². The summed E-state index contributed by atoms with van der Waals surface area (Å²) in [7, 11) is 0. The fourth-order valence-electron chi connectivity index (χ4n) is 3.11. The summed E-state index contributed by atoms with van der Waals surface area (Å²) in [4.78, 5) is 18.2. The van der Waals surface area contributed by atoms with E-state index >= 15 is 0 Å². The Labute approximate surface area is 153 Å². The second kappa shape index (κ2) is 7.85. The Morgan fingerprint density at radius 1 is 1.44 bits per heavy atom. The zero-order chi connectivity index (χ0) is 19.4. The van der Waals surface area contributed by atoms with Crippen molar-refractivity contribution in [3.63, 3.8) is 0 Å². The Kier molecular flexibility index (Phi) is 5.52. The van der Waals surface area contributed by atoms with Crippen LogP contribution >= 0.6 is 0 Å². The Balaban J connectivity index is 1.71. The maximum Gasteiger partial charge on any atom is 0.420 e. The molecule has 1 aliphatic rings. The van der Waals surface area contributed by atoms with Crippen LogP contribution in [0.25, 0.3) is 0 Å². The summed E-state index contributed by atoms with van der Waals surface area (Å²) >= 11 is 0. The first kappa shape index (κ1) is 19.0. The van der Waals surface area contributed by atoms with Crippen molar-refractivity contribution in [2.24, 2.45) is 0 Å². The highest BCUT2D eigenvalue weighted by atomic mass is 19.4. The lowest BCUT2D eigenvalue weighted by atomic mass is 9.98. The van der Waals surface area contributed by atoms with Crippen LogP contribution in [-0.2, 0) is 6.18 Å². The number of likely N-dealkylation sites (tertiary alicyclic amines) is 1. The zero-order valence-electron chi connectivity index (χ0n) is 14.7. The second-order valence-corrected chi connectivity index (χ2v) is 6.23. The minimum atomic E-state index is -4.58. The van der Waals surface area contributed by atoms with Gasteiger partial charge in [-0.1, -0.05) is 0 Å². The van der Waals surface area contributed by atoms with Crippen LogP contribution in [0.4, 0.5) is 23.7 Å². The van der Waals surface area contributed by atoms with Crippen LogP contribution in [0.1, 0.15) is 37.1 Å². The summed E-state index contributed by atoms with van der Waals surface area (Å²) in [5, 5.41) is 9.16. The van der Waals surface area contributed by atoms with Gasteiger partial charge < -0.3 is 15.0 Å². The van der Waals surface area contributed by atoms with E-state index in [9.17, 15) is 18.0 Å². The SMILES string of the molecule is CCOc1ccc(NC(=O)N2CCC[C@H](c3ncn[nH]3)C2)cc1C(F)(F)F. The number of nitrogens with zero attached hydrogens (tertiary/aromatic N) is 3. The molecule has 146 valence electrons. The van der Waals surface area contributed by atoms with Gasteiger partial charge in [0.25, 0.3) is 0 Å². The first-order valence-electron chi connectivity index (χ1n) is 8.63. The molecule has 2 heterocycles. The van der Waals surface area contributed by atoms with Gasteiger partial charge in [0.2, 0.25) is 0 Å². The van der Waals surface area contributed by atoms with Crippen molar-refractivity contribution in [1.82, 2.24) is 20.1 Å². The van der Waals surface area contributed by atoms with Crippen molar-refractivity contribution in [3.05, 3.63) is 35.9 Å². The molecule has 0 bridgehead atoms.